The second-order valence-corrected chi connectivity index (χ2v) is 6.84. The zero-order valence-corrected chi connectivity index (χ0v) is 18.5. The summed E-state index contributed by atoms with van der Waals surface area (Å²) in [6, 6.07) is 6.63. The number of primary amides is 1. The van der Waals surface area contributed by atoms with Crippen LogP contribution >= 0.6 is 0 Å². The first-order chi connectivity index (χ1) is 14.5. The maximum Gasteiger partial charge on any atom is 0.305 e. The lowest BCUT2D eigenvalue weighted by Gasteiger charge is -2.14. The zero-order chi connectivity index (χ0) is 24.0. The van der Waals surface area contributed by atoms with E-state index in [4.69, 9.17) is 20.3 Å². The molecule has 0 fully saturated rings. The number of halogens is 1. The molecular formula is C22H31FN2O6. The summed E-state index contributed by atoms with van der Waals surface area (Å²) in [5, 5.41) is 17.8. The minimum atomic E-state index is -0.786. The predicted octanol–water partition coefficient (Wildman–Crippen LogP) is 3.80. The van der Waals surface area contributed by atoms with Crippen molar-refractivity contribution in [3.8, 4) is 17.2 Å². The normalized spacial score (nSPS) is 10.7. The first-order valence-electron chi connectivity index (χ1n) is 9.67. The fourth-order valence-corrected chi connectivity index (χ4v) is 2.28. The molecule has 0 radical (unpaired) electrons. The van der Waals surface area contributed by atoms with Gasteiger partial charge in [-0.15, -0.1) is 0 Å². The molecule has 31 heavy (non-hydrogen) atoms. The van der Waals surface area contributed by atoms with Gasteiger partial charge in [0, 0.05) is 24.8 Å². The molecule has 0 aliphatic rings. The van der Waals surface area contributed by atoms with Crippen molar-refractivity contribution in [3.63, 3.8) is 0 Å². The molecule has 1 atom stereocenters. The van der Waals surface area contributed by atoms with Gasteiger partial charge in [-0.05, 0) is 31.4 Å². The van der Waals surface area contributed by atoms with Gasteiger partial charge in [0.05, 0.1) is 13.2 Å². The zero-order valence-electron chi connectivity index (χ0n) is 18.5. The number of carbonyl (C=O) groups is 2. The average molecular weight is 438 g/mol. The Labute approximate surface area is 181 Å². The van der Waals surface area contributed by atoms with Crippen LogP contribution in [-0.2, 0) is 9.53 Å². The summed E-state index contributed by atoms with van der Waals surface area (Å²) in [6.07, 6.45) is 2.83. The number of phenols is 1. The number of ether oxygens (including phenoxy) is 2. The maximum absolute atomic E-state index is 12.0. The number of methoxy groups -OCH3 is 1. The van der Waals surface area contributed by atoms with Gasteiger partial charge in [-0.1, -0.05) is 26.8 Å². The fraction of sp³-hybridized carbons (Fsp3) is 0.409. The van der Waals surface area contributed by atoms with Gasteiger partial charge in [0.25, 0.3) is 5.91 Å². The summed E-state index contributed by atoms with van der Waals surface area (Å²) >= 11 is 0. The Bertz CT molecular complexity index is 812. The van der Waals surface area contributed by atoms with Crippen LogP contribution in [0.2, 0.25) is 0 Å². The molecule has 1 aromatic carbocycles. The van der Waals surface area contributed by atoms with E-state index < -0.39 is 11.7 Å². The van der Waals surface area contributed by atoms with E-state index >= 15 is 0 Å². The molecule has 1 heterocycles. The van der Waals surface area contributed by atoms with E-state index in [0.29, 0.717) is 12.3 Å². The molecule has 0 spiro atoms. The van der Waals surface area contributed by atoms with E-state index in [1.54, 1.807) is 0 Å². The molecule has 0 bridgehead atoms. The lowest BCUT2D eigenvalue weighted by Crippen LogP contribution is -2.15. The Kier molecular flexibility index (Phi) is 13.0. The Morgan fingerprint density at radius 3 is 2.26 bits per heavy atom. The quantitative estimate of drug-likeness (QED) is 0.584. The third-order valence-corrected chi connectivity index (χ3v) is 3.57. The van der Waals surface area contributed by atoms with Crippen LogP contribution in [0, 0.1) is 11.7 Å². The molecule has 0 aliphatic carbocycles. The molecule has 8 nitrogen and oxygen atoms in total. The summed E-state index contributed by atoms with van der Waals surface area (Å²) in [4.78, 5) is 25.0. The van der Waals surface area contributed by atoms with Crippen molar-refractivity contribution in [3.05, 3.63) is 48.0 Å². The monoisotopic (exact) mass is 438 g/mol. The Hall–Kier alpha value is -3.36. The minimum absolute atomic E-state index is 0.0370. The van der Waals surface area contributed by atoms with Crippen molar-refractivity contribution in [2.24, 2.45) is 11.7 Å². The SMILES string of the molecule is CCC(=O)OC(C)CC(C)C.COc1ccnc(C(N)=O)c1O.Oc1cccc(F)c1. The van der Waals surface area contributed by atoms with Gasteiger partial charge in [-0.3, -0.25) is 9.59 Å². The summed E-state index contributed by atoms with van der Waals surface area (Å²) in [5.41, 5.74) is 4.74. The van der Waals surface area contributed by atoms with Crippen LogP contribution in [0.15, 0.2) is 36.5 Å². The van der Waals surface area contributed by atoms with Gasteiger partial charge in [0.2, 0.25) is 0 Å². The van der Waals surface area contributed by atoms with Crippen LogP contribution < -0.4 is 10.5 Å². The molecule has 0 aliphatic heterocycles. The topological polar surface area (TPSA) is 132 Å². The molecule has 172 valence electrons. The van der Waals surface area contributed by atoms with E-state index in [0.717, 1.165) is 12.5 Å². The second kappa shape index (κ2) is 14.6. The van der Waals surface area contributed by atoms with Crippen LogP contribution in [0.5, 0.6) is 17.2 Å². The van der Waals surface area contributed by atoms with Crippen molar-refractivity contribution in [1.82, 2.24) is 4.98 Å². The minimum Gasteiger partial charge on any atom is -0.508 e. The third-order valence-electron chi connectivity index (χ3n) is 3.57. The van der Waals surface area contributed by atoms with E-state index in [9.17, 15) is 19.1 Å². The number of carbonyl (C=O) groups excluding carboxylic acids is 2. The first-order valence-corrected chi connectivity index (χ1v) is 9.67. The van der Waals surface area contributed by atoms with Crippen LogP contribution in [0.4, 0.5) is 4.39 Å². The molecule has 9 heteroatoms. The number of aromatic nitrogens is 1. The molecule has 1 amide bonds. The Balaban J connectivity index is 0.000000444. The highest BCUT2D eigenvalue weighted by atomic mass is 19.1. The van der Waals surface area contributed by atoms with Gasteiger partial charge in [0.1, 0.15) is 11.6 Å². The first kappa shape index (κ1) is 27.6. The number of pyridine rings is 1. The van der Waals surface area contributed by atoms with Crippen molar-refractivity contribution < 1.29 is 33.7 Å². The Morgan fingerprint density at radius 1 is 1.19 bits per heavy atom. The predicted molar refractivity (Wildman–Crippen MR) is 114 cm³/mol. The standard InChI is InChI=1S/C9H18O2.C7H8N2O3.C6H5FO/c1-5-9(10)11-8(4)6-7(2)3;1-12-4-2-3-9-5(6(4)10)7(8)11;7-5-2-1-3-6(8)4-5/h7-8H,5-6H2,1-4H3;2-3,10H,1H3,(H2,8,11);1-4,8H. The van der Waals surface area contributed by atoms with Crippen LogP contribution in [0.25, 0.3) is 0 Å². The molecular weight excluding hydrogens is 407 g/mol. The number of phenolic OH excluding ortho intramolecular Hbond substituents is 1. The molecule has 1 aromatic heterocycles. The largest absolute Gasteiger partial charge is 0.508 e. The van der Waals surface area contributed by atoms with Crippen LogP contribution in [0.1, 0.15) is 51.0 Å². The van der Waals surface area contributed by atoms with Crippen LogP contribution in [0.3, 0.4) is 0 Å². The lowest BCUT2D eigenvalue weighted by molar-refractivity contribution is -0.148. The summed E-state index contributed by atoms with van der Waals surface area (Å²) in [5.74, 6) is -0.888. The molecule has 4 N–H and O–H groups in total. The Morgan fingerprint density at radius 2 is 1.84 bits per heavy atom. The number of hydrogen-bond acceptors (Lipinski definition) is 7. The smallest absolute Gasteiger partial charge is 0.305 e. The summed E-state index contributed by atoms with van der Waals surface area (Å²) in [7, 11) is 1.37. The highest BCUT2D eigenvalue weighted by Gasteiger charge is 2.12. The number of benzene rings is 1. The number of hydrogen-bond donors (Lipinski definition) is 3. The molecule has 1 unspecified atom stereocenters. The van der Waals surface area contributed by atoms with Gasteiger partial charge < -0.3 is 25.4 Å². The molecule has 0 saturated carbocycles. The van der Waals surface area contributed by atoms with Crippen molar-refractivity contribution in [2.75, 3.05) is 7.11 Å². The van der Waals surface area contributed by atoms with E-state index in [2.05, 4.69) is 18.8 Å². The average Bonchev–Trinajstić information content (AvgIpc) is 2.68. The summed E-state index contributed by atoms with van der Waals surface area (Å²) < 4.78 is 21.8. The fourth-order valence-electron chi connectivity index (χ4n) is 2.28. The van der Waals surface area contributed by atoms with Gasteiger partial charge in [0.15, 0.2) is 17.2 Å². The van der Waals surface area contributed by atoms with Gasteiger partial charge >= 0.3 is 5.97 Å². The number of nitrogens with two attached hydrogens (primary N) is 1. The van der Waals surface area contributed by atoms with Crippen molar-refractivity contribution in [1.29, 1.82) is 0 Å². The maximum atomic E-state index is 12.0. The number of aromatic hydroxyl groups is 2. The number of nitrogens with zero attached hydrogens (tertiary/aromatic N) is 1. The van der Waals surface area contributed by atoms with E-state index in [1.807, 2.05) is 13.8 Å². The van der Waals surface area contributed by atoms with Crippen molar-refractivity contribution in [2.45, 2.75) is 46.6 Å². The summed E-state index contributed by atoms with van der Waals surface area (Å²) in [6.45, 7) is 7.99. The van der Waals surface area contributed by atoms with E-state index in [-0.39, 0.29) is 35.0 Å². The van der Waals surface area contributed by atoms with Gasteiger partial charge in [-0.2, -0.15) is 0 Å². The third kappa shape index (κ3) is 12.0. The van der Waals surface area contributed by atoms with Crippen LogP contribution in [-0.4, -0.2) is 40.3 Å². The number of rotatable bonds is 6. The van der Waals surface area contributed by atoms with E-state index in [1.165, 1.54) is 37.6 Å². The van der Waals surface area contributed by atoms with Gasteiger partial charge in [-0.25, -0.2) is 9.37 Å². The highest BCUT2D eigenvalue weighted by molar-refractivity contribution is 5.94. The molecule has 0 saturated heterocycles. The lowest BCUT2D eigenvalue weighted by atomic mass is 10.1. The second-order valence-electron chi connectivity index (χ2n) is 6.84. The number of amides is 1. The number of esters is 1. The molecule has 2 rings (SSSR count). The molecule has 2 aromatic rings. The highest BCUT2D eigenvalue weighted by Crippen LogP contribution is 2.26. The van der Waals surface area contributed by atoms with Crippen molar-refractivity contribution >= 4 is 11.9 Å².